The van der Waals surface area contributed by atoms with Gasteiger partial charge in [0, 0.05) is 11.6 Å². The molecule has 0 saturated carbocycles. The Balaban J connectivity index is 1.63. The molecule has 166 valence electrons. The molecular formula is C24H17BrN2O5S. The molecule has 1 heterocycles. The zero-order chi connectivity index (χ0) is 23.5. The highest BCUT2D eigenvalue weighted by Gasteiger charge is 2.34. The molecule has 9 heteroatoms. The van der Waals surface area contributed by atoms with Crippen LogP contribution in [0.15, 0.2) is 76.8 Å². The monoisotopic (exact) mass is 524 g/mol. The number of ether oxygens (including phenoxy) is 2. The highest BCUT2D eigenvalue weighted by Crippen LogP contribution is 2.34. The Hall–Kier alpha value is -3.69. The van der Waals surface area contributed by atoms with Crippen molar-refractivity contribution in [1.29, 1.82) is 0 Å². The molecule has 3 aromatic rings. The van der Waals surface area contributed by atoms with E-state index in [4.69, 9.17) is 21.7 Å². The van der Waals surface area contributed by atoms with Gasteiger partial charge in [-0.05, 0) is 76.7 Å². The van der Waals surface area contributed by atoms with Gasteiger partial charge >= 0.3 is 0 Å². The first-order chi connectivity index (χ1) is 15.9. The number of nitrogens with one attached hydrogen (secondary N) is 1. The third-order valence-corrected chi connectivity index (χ3v) is 5.68. The summed E-state index contributed by atoms with van der Waals surface area (Å²) in [6.07, 6.45) is 1.30. The third kappa shape index (κ3) is 4.74. The Morgan fingerprint density at radius 1 is 1.03 bits per heavy atom. The van der Waals surface area contributed by atoms with Gasteiger partial charge in [-0.1, -0.05) is 18.2 Å². The van der Waals surface area contributed by atoms with Crippen molar-refractivity contribution in [3.05, 3.63) is 82.3 Å². The highest BCUT2D eigenvalue weighted by molar-refractivity contribution is 9.10. The van der Waals surface area contributed by atoms with E-state index in [0.29, 0.717) is 27.4 Å². The number of hydrogen-bond donors (Lipinski definition) is 2. The van der Waals surface area contributed by atoms with E-state index in [0.717, 1.165) is 0 Å². The lowest BCUT2D eigenvalue weighted by Crippen LogP contribution is -2.54. The van der Waals surface area contributed by atoms with Gasteiger partial charge in [0.25, 0.3) is 11.8 Å². The molecule has 0 aliphatic carbocycles. The number of carbonyl (C=O) groups excluding carboxylic acids is 2. The van der Waals surface area contributed by atoms with Crippen LogP contribution in [0.3, 0.4) is 0 Å². The predicted molar refractivity (Wildman–Crippen MR) is 132 cm³/mol. The van der Waals surface area contributed by atoms with Crippen LogP contribution in [-0.2, 0) is 9.59 Å². The van der Waals surface area contributed by atoms with E-state index >= 15 is 0 Å². The van der Waals surface area contributed by atoms with Crippen LogP contribution in [0.4, 0.5) is 5.69 Å². The number of para-hydroxylation sites is 1. The number of halogens is 1. The normalized spacial score (nSPS) is 14.9. The summed E-state index contributed by atoms with van der Waals surface area (Å²) in [6, 6.07) is 18.9. The van der Waals surface area contributed by atoms with E-state index in [-0.39, 0.29) is 22.0 Å². The number of phenolic OH excluding ortho intramolecular Hbond substituents is 1. The van der Waals surface area contributed by atoms with Crippen molar-refractivity contribution in [3.8, 4) is 23.0 Å². The van der Waals surface area contributed by atoms with Crippen molar-refractivity contribution in [1.82, 2.24) is 5.32 Å². The van der Waals surface area contributed by atoms with Gasteiger partial charge in [-0.15, -0.1) is 0 Å². The number of aromatic hydroxyl groups is 1. The molecule has 33 heavy (non-hydrogen) atoms. The van der Waals surface area contributed by atoms with Crippen molar-refractivity contribution >= 4 is 56.8 Å². The van der Waals surface area contributed by atoms with E-state index in [1.165, 1.54) is 24.2 Å². The van der Waals surface area contributed by atoms with E-state index in [2.05, 4.69) is 21.2 Å². The van der Waals surface area contributed by atoms with Gasteiger partial charge in [0.2, 0.25) is 0 Å². The number of benzene rings is 3. The average molecular weight is 525 g/mol. The van der Waals surface area contributed by atoms with Crippen LogP contribution in [0.25, 0.3) is 6.08 Å². The SMILES string of the molecule is COc1cc(O)c(C=C2C(=O)NC(=S)N(c3ccc(Oc4ccccc4)cc3)C2=O)cc1Br. The van der Waals surface area contributed by atoms with Gasteiger partial charge in [-0.25, -0.2) is 0 Å². The molecule has 0 spiro atoms. The predicted octanol–water partition coefficient (Wildman–Crippen LogP) is 4.79. The number of methoxy groups -OCH3 is 1. The number of rotatable bonds is 5. The summed E-state index contributed by atoms with van der Waals surface area (Å²) in [5, 5.41) is 12.8. The van der Waals surface area contributed by atoms with Crippen molar-refractivity contribution < 1.29 is 24.2 Å². The van der Waals surface area contributed by atoms with Crippen LogP contribution in [-0.4, -0.2) is 29.1 Å². The van der Waals surface area contributed by atoms with Gasteiger partial charge in [0.05, 0.1) is 17.3 Å². The number of thiocarbonyl (C=S) groups is 1. The summed E-state index contributed by atoms with van der Waals surface area (Å²) in [7, 11) is 1.46. The molecule has 0 unspecified atom stereocenters. The maximum absolute atomic E-state index is 13.2. The van der Waals surface area contributed by atoms with Crippen LogP contribution < -0.4 is 19.7 Å². The summed E-state index contributed by atoms with van der Waals surface area (Å²) in [5.41, 5.74) is 0.539. The Labute approximate surface area is 203 Å². The molecular weight excluding hydrogens is 508 g/mol. The zero-order valence-corrected chi connectivity index (χ0v) is 19.6. The molecule has 1 aliphatic rings. The van der Waals surface area contributed by atoms with E-state index in [9.17, 15) is 14.7 Å². The van der Waals surface area contributed by atoms with Crippen molar-refractivity contribution in [2.45, 2.75) is 0 Å². The Morgan fingerprint density at radius 2 is 1.70 bits per heavy atom. The number of anilines is 1. The Morgan fingerprint density at radius 3 is 2.36 bits per heavy atom. The fourth-order valence-electron chi connectivity index (χ4n) is 3.17. The molecule has 1 saturated heterocycles. The first-order valence-electron chi connectivity index (χ1n) is 9.68. The van der Waals surface area contributed by atoms with E-state index in [1.807, 2.05) is 30.3 Å². The molecule has 0 radical (unpaired) electrons. The average Bonchev–Trinajstić information content (AvgIpc) is 2.80. The van der Waals surface area contributed by atoms with Gasteiger partial charge in [0.1, 0.15) is 28.6 Å². The number of hydrogen-bond acceptors (Lipinski definition) is 6. The minimum atomic E-state index is -0.656. The van der Waals surface area contributed by atoms with Gasteiger partial charge in [-0.3, -0.25) is 19.8 Å². The maximum atomic E-state index is 13.2. The number of amides is 2. The summed E-state index contributed by atoms with van der Waals surface area (Å²) < 4.78 is 11.5. The minimum absolute atomic E-state index is 0.0426. The first kappa shape index (κ1) is 22.5. The molecule has 0 atom stereocenters. The molecule has 0 bridgehead atoms. The van der Waals surface area contributed by atoms with Crippen LogP contribution in [0.1, 0.15) is 5.56 Å². The van der Waals surface area contributed by atoms with Crippen molar-refractivity contribution in [3.63, 3.8) is 0 Å². The quantitative estimate of drug-likeness (QED) is 0.283. The lowest BCUT2D eigenvalue weighted by Gasteiger charge is -2.29. The lowest BCUT2D eigenvalue weighted by molar-refractivity contribution is -0.122. The summed E-state index contributed by atoms with van der Waals surface area (Å²) >= 11 is 8.57. The van der Waals surface area contributed by atoms with Crippen LogP contribution in [0, 0.1) is 0 Å². The summed E-state index contributed by atoms with van der Waals surface area (Å²) in [6.45, 7) is 0. The molecule has 3 aromatic carbocycles. The maximum Gasteiger partial charge on any atom is 0.270 e. The number of carbonyl (C=O) groups is 2. The van der Waals surface area contributed by atoms with Gasteiger partial charge < -0.3 is 14.6 Å². The van der Waals surface area contributed by atoms with Crippen LogP contribution in [0.2, 0.25) is 0 Å². The Bertz CT molecular complexity index is 1280. The van der Waals surface area contributed by atoms with E-state index in [1.54, 1.807) is 30.3 Å². The van der Waals surface area contributed by atoms with Crippen molar-refractivity contribution in [2.75, 3.05) is 12.0 Å². The summed E-state index contributed by atoms with van der Waals surface area (Å²) in [4.78, 5) is 26.9. The smallest absolute Gasteiger partial charge is 0.270 e. The molecule has 4 rings (SSSR count). The van der Waals surface area contributed by atoms with Crippen LogP contribution >= 0.6 is 28.1 Å². The zero-order valence-electron chi connectivity index (χ0n) is 17.2. The molecule has 1 fully saturated rings. The Kier molecular flexibility index (Phi) is 6.43. The fourth-order valence-corrected chi connectivity index (χ4v) is 3.97. The standard InChI is InChI=1S/C24H17BrN2O5S/c1-31-21-13-20(28)14(12-19(21)25)11-18-22(29)26-24(33)27(23(18)30)15-7-9-17(10-8-15)32-16-5-3-2-4-6-16/h2-13,28H,1H3,(H,26,29,33). The second-order valence-electron chi connectivity index (χ2n) is 6.91. The highest BCUT2D eigenvalue weighted by atomic mass is 79.9. The topological polar surface area (TPSA) is 88.1 Å². The molecule has 2 N–H and O–H groups in total. The van der Waals surface area contributed by atoms with Crippen LogP contribution in [0.5, 0.6) is 23.0 Å². The largest absolute Gasteiger partial charge is 0.507 e. The minimum Gasteiger partial charge on any atom is -0.507 e. The second-order valence-corrected chi connectivity index (χ2v) is 8.15. The van der Waals surface area contributed by atoms with Gasteiger partial charge in [-0.2, -0.15) is 0 Å². The molecule has 7 nitrogen and oxygen atoms in total. The lowest BCUT2D eigenvalue weighted by atomic mass is 10.1. The van der Waals surface area contributed by atoms with Crippen molar-refractivity contribution in [2.24, 2.45) is 0 Å². The molecule has 1 aliphatic heterocycles. The number of phenols is 1. The second kappa shape index (κ2) is 9.43. The summed E-state index contributed by atoms with van der Waals surface area (Å²) in [5.74, 6) is 0.245. The fraction of sp³-hybridized carbons (Fsp3) is 0.0417. The van der Waals surface area contributed by atoms with E-state index < -0.39 is 11.8 Å². The van der Waals surface area contributed by atoms with Gasteiger partial charge in [0.15, 0.2) is 5.11 Å². The number of nitrogens with zero attached hydrogens (tertiary/aromatic N) is 1. The first-order valence-corrected chi connectivity index (χ1v) is 10.9. The molecule has 0 aromatic heterocycles. The molecule has 2 amide bonds. The third-order valence-electron chi connectivity index (χ3n) is 4.78.